The summed E-state index contributed by atoms with van der Waals surface area (Å²) in [7, 11) is 0. The van der Waals surface area contributed by atoms with Crippen molar-refractivity contribution in [3.63, 3.8) is 0 Å². The van der Waals surface area contributed by atoms with Crippen LogP contribution in [-0.2, 0) is 9.59 Å². The van der Waals surface area contributed by atoms with Crippen molar-refractivity contribution >= 4 is 29.5 Å². The number of benzene rings is 1. The zero-order chi connectivity index (χ0) is 14.8. The fourth-order valence-corrected chi connectivity index (χ4v) is 2.35. The maximum Gasteiger partial charge on any atom is 0.247 e. The molecule has 1 heterocycles. The van der Waals surface area contributed by atoms with Gasteiger partial charge in [-0.1, -0.05) is 29.8 Å². The summed E-state index contributed by atoms with van der Waals surface area (Å²) < 4.78 is 0. The topological polar surface area (TPSA) is 49.4 Å². The molecule has 1 N–H and O–H groups in total. The number of carbonyl (C=O) groups is 2. The van der Waals surface area contributed by atoms with Gasteiger partial charge in [0.05, 0.1) is 0 Å². The highest BCUT2D eigenvalue weighted by Gasteiger charge is 2.39. The first-order valence-corrected chi connectivity index (χ1v) is 6.83. The summed E-state index contributed by atoms with van der Waals surface area (Å²) in [5.41, 5.74) is -0.0537. The number of hydrogen-bond acceptors (Lipinski definition) is 2. The second-order valence-corrected chi connectivity index (χ2v) is 5.57. The van der Waals surface area contributed by atoms with Crippen molar-refractivity contribution in [2.75, 3.05) is 13.1 Å². The lowest BCUT2D eigenvalue weighted by Crippen LogP contribution is -2.63. The van der Waals surface area contributed by atoms with Crippen molar-refractivity contribution in [3.8, 4) is 0 Å². The largest absolute Gasteiger partial charge is 0.352 e. The van der Waals surface area contributed by atoms with Crippen molar-refractivity contribution in [1.82, 2.24) is 10.2 Å². The molecule has 0 spiro atoms. The molecule has 106 valence electrons. The number of amides is 2. The highest BCUT2D eigenvalue weighted by Crippen LogP contribution is 2.20. The van der Waals surface area contributed by atoms with Gasteiger partial charge in [-0.2, -0.15) is 0 Å². The van der Waals surface area contributed by atoms with Crippen molar-refractivity contribution in [2.24, 2.45) is 0 Å². The van der Waals surface area contributed by atoms with Gasteiger partial charge in [-0.3, -0.25) is 9.59 Å². The molecule has 0 saturated carbocycles. The smallest absolute Gasteiger partial charge is 0.247 e. The highest BCUT2D eigenvalue weighted by atomic mass is 35.5. The summed E-state index contributed by atoms with van der Waals surface area (Å²) in [6.45, 7) is 4.46. The Labute approximate surface area is 123 Å². The molecular formula is C15H17ClN2O2. The van der Waals surface area contributed by atoms with Crippen LogP contribution in [0.5, 0.6) is 0 Å². The van der Waals surface area contributed by atoms with Crippen LogP contribution in [-0.4, -0.2) is 35.3 Å². The average molecular weight is 293 g/mol. The molecule has 1 aromatic carbocycles. The minimum Gasteiger partial charge on any atom is -0.352 e. The number of hydrogen-bond donors (Lipinski definition) is 1. The fourth-order valence-electron chi connectivity index (χ4n) is 2.15. The number of piperazine rings is 1. The van der Waals surface area contributed by atoms with E-state index in [2.05, 4.69) is 5.32 Å². The van der Waals surface area contributed by atoms with Crippen LogP contribution in [0.15, 0.2) is 30.3 Å². The first kappa shape index (κ1) is 14.6. The standard InChI is InChI=1S/C15H17ClN2O2/c1-15(2)14(20)17-9-10-18(15)13(19)8-7-11-5-3-4-6-12(11)16/h3-8H,9-10H2,1-2H3,(H,17,20). The maximum absolute atomic E-state index is 12.3. The maximum atomic E-state index is 12.3. The van der Waals surface area contributed by atoms with Gasteiger partial charge in [0.1, 0.15) is 5.54 Å². The predicted octanol–water partition coefficient (Wildman–Crippen LogP) is 2.09. The van der Waals surface area contributed by atoms with E-state index in [0.717, 1.165) is 5.56 Å². The van der Waals surface area contributed by atoms with E-state index in [1.54, 1.807) is 30.9 Å². The summed E-state index contributed by atoms with van der Waals surface area (Å²) in [4.78, 5) is 25.6. The lowest BCUT2D eigenvalue weighted by molar-refractivity contribution is -0.146. The number of nitrogens with one attached hydrogen (secondary N) is 1. The van der Waals surface area contributed by atoms with Gasteiger partial charge in [-0.15, -0.1) is 0 Å². The first-order chi connectivity index (χ1) is 9.43. The molecule has 0 unspecified atom stereocenters. The number of nitrogens with zero attached hydrogens (tertiary/aromatic N) is 1. The molecule has 0 bridgehead atoms. The Morgan fingerprint density at radius 3 is 2.80 bits per heavy atom. The van der Waals surface area contributed by atoms with Gasteiger partial charge in [-0.25, -0.2) is 0 Å². The lowest BCUT2D eigenvalue weighted by atomic mass is 9.98. The molecule has 20 heavy (non-hydrogen) atoms. The monoisotopic (exact) mass is 292 g/mol. The Morgan fingerprint density at radius 2 is 2.10 bits per heavy atom. The molecular weight excluding hydrogens is 276 g/mol. The van der Waals surface area contributed by atoms with Crippen LogP contribution in [0.4, 0.5) is 0 Å². The minimum absolute atomic E-state index is 0.136. The third-order valence-electron chi connectivity index (χ3n) is 3.43. The number of carbonyl (C=O) groups excluding carboxylic acids is 2. The van der Waals surface area contributed by atoms with Crippen LogP contribution in [0.2, 0.25) is 5.02 Å². The Kier molecular flexibility index (Phi) is 4.14. The predicted molar refractivity (Wildman–Crippen MR) is 79.3 cm³/mol. The summed E-state index contributed by atoms with van der Waals surface area (Å²) in [5.74, 6) is -0.326. The van der Waals surface area contributed by atoms with Crippen molar-refractivity contribution in [1.29, 1.82) is 0 Å². The number of halogens is 1. The van der Waals surface area contributed by atoms with Gasteiger partial charge in [0, 0.05) is 24.2 Å². The molecule has 1 aliphatic heterocycles. The molecule has 4 nitrogen and oxygen atoms in total. The molecule has 5 heteroatoms. The highest BCUT2D eigenvalue weighted by molar-refractivity contribution is 6.32. The van der Waals surface area contributed by atoms with Crippen LogP contribution in [0.3, 0.4) is 0 Å². The minimum atomic E-state index is -0.833. The summed E-state index contributed by atoms with van der Waals surface area (Å²) >= 11 is 6.03. The van der Waals surface area contributed by atoms with Crippen LogP contribution >= 0.6 is 11.6 Å². The molecule has 2 amide bonds. The van der Waals surface area contributed by atoms with Crippen LogP contribution in [0.25, 0.3) is 6.08 Å². The van der Waals surface area contributed by atoms with E-state index in [4.69, 9.17) is 11.6 Å². The molecule has 1 aliphatic rings. The van der Waals surface area contributed by atoms with Gasteiger partial charge < -0.3 is 10.2 Å². The molecule has 1 fully saturated rings. The average Bonchev–Trinajstić information content (AvgIpc) is 2.40. The van der Waals surface area contributed by atoms with Crippen LogP contribution < -0.4 is 5.32 Å². The fraction of sp³-hybridized carbons (Fsp3) is 0.333. The summed E-state index contributed by atoms with van der Waals surface area (Å²) in [5, 5.41) is 3.35. The van der Waals surface area contributed by atoms with Gasteiger partial charge in [0.2, 0.25) is 11.8 Å². The summed E-state index contributed by atoms with van der Waals surface area (Å²) in [6, 6.07) is 7.29. The van der Waals surface area contributed by atoms with Crippen molar-refractivity contribution in [2.45, 2.75) is 19.4 Å². The van der Waals surface area contributed by atoms with E-state index in [-0.39, 0.29) is 11.8 Å². The number of rotatable bonds is 2. The Morgan fingerprint density at radius 1 is 1.40 bits per heavy atom. The third-order valence-corrected chi connectivity index (χ3v) is 3.77. The Hall–Kier alpha value is -1.81. The first-order valence-electron chi connectivity index (χ1n) is 6.45. The SMILES string of the molecule is CC1(C)C(=O)NCCN1C(=O)C=Cc1ccccc1Cl. The van der Waals surface area contributed by atoms with Crippen LogP contribution in [0, 0.1) is 0 Å². The van der Waals surface area contributed by atoms with E-state index in [1.165, 1.54) is 6.08 Å². The second-order valence-electron chi connectivity index (χ2n) is 5.16. The molecule has 1 saturated heterocycles. The van der Waals surface area contributed by atoms with Crippen molar-refractivity contribution in [3.05, 3.63) is 40.9 Å². The van der Waals surface area contributed by atoms with E-state index < -0.39 is 5.54 Å². The van der Waals surface area contributed by atoms with Crippen LogP contribution in [0.1, 0.15) is 19.4 Å². The molecule has 0 aliphatic carbocycles. The molecule has 0 aromatic heterocycles. The molecule has 1 aromatic rings. The van der Waals surface area contributed by atoms with Crippen molar-refractivity contribution < 1.29 is 9.59 Å². The molecule has 0 radical (unpaired) electrons. The Bertz CT molecular complexity index is 567. The van der Waals surface area contributed by atoms with E-state index in [1.807, 2.05) is 18.2 Å². The zero-order valence-electron chi connectivity index (χ0n) is 11.5. The quantitative estimate of drug-likeness (QED) is 0.849. The molecule has 2 rings (SSSR count). The third kappa shape index (κ3) is 2.85. The Balaban J connectivity index is 2.16. The van der Waals surface area contributed by atoms with Gasteiger partial charge in [0.15, 0.2) is 0 Å². The summed E-state index contributed by atoms with van der Waals surface area (Å²) in [6.07, 6.45) is 3.13. The van der Waals surface area contributed by atoms with E-state index in [9.17, 15) is 9.59 Å². The van der Waals surface area contributed by atoms with Gasteiger partial charge in [0.25, 0.3) is 0 Å². The normalized spacial score (nSPS) is 18.1. The van der Waals surface area contributed by atoms with Gasteiger partial charge in [-0.05, 0) is 31.6 Å². The molecule has 0 atom stereocenters. The lowest BCUT2D eigenvalue weighted by Gasteiger charge is -2.40. The van der Waals surface area contributed by atoms with E-state index in [0.29, 0.717) is 18.1 Å². The van der Waals surface area contributed by atoms with E-state index >= 15 is 0 Å². The van der Waals surface area contributed by atoms with Gasteiger partial charge >= 0.3 is 0 Å². The zero-order valence-corrected chi connectivity index (χ0v) is 12.3. The second kappa shape index (κ2) is 5.67.